The number of benzene rings is 1. The third kappa shape index (κ3) is 11.5. The molecular formula is C24H36O2. The highest BCUT2D eigenvalue weighted by molar-refractivity contribution is 6.10. The van der Waals surface area contributed by atoms with Crippen molar-refractivity contribution in [1.29, 1.82) is 0 Å². The average Bonchev–Trinajstić information content (AvgIpc) is 2.57. The van der Waals surface area contributed by atoms with E-state index >= 15 is 0 Å². The largest absolute Gasteiger partial charge is 0.508 e. The van der Waals surface area contributed by atoms with Gasteiger partial charge in [0.1, 0.15) is 5.75 Å². The number of hydrogen-bond donors (Lipinski definition) is 1. The molecule has 0 saturated heterocycles. The summed E-state index contributed by atoms with van der Waals surface area (Å²) < 4.78 is 0. The summed E-state index contributed by atoms with van der Waals surface area (Å²) in [5, 5.41) is 9.17. The number of carbonyl (C=O) groups excluding carboxylic acids is 1. The summed E-state index contributed by atoms with van der Waals surface area (Å²) in [7, 11) is 0. The third-order valence-corrected chi connectivity index (χ3v) is 3.68. The van der Waals surface area contributed by atoms with Crippen molar-refractivity contribution in [1.82, 2.24) is 0 Å². The van der Waals surface area contributed by atoms with Gasteiger partial charge in [-0.25, -0.2) is 0 Å². The van der Waals surface area contributed by atoms with Crippen LogP contribution in [0.15, 0.2) is 60.2 Å². The van der Waals surface area contributed by atoms with Crippen LogP contribution in [-0.4, -0.2) is 10.9 Å². The number of allylic oxidation sites excluding steroid dienone is 6. The smallest absolute Gasteiger partial charge is 0.193 e. The Labute approximate surface area is 160 Å². The van der Waals surface area contributed by atoms with Crippen LogP contribution < -0.4 is 0 Å². The maximum Gasteiger partial charge on any atom is 0.193 e. The molecule has 0 fully saturated rings. The number of carbonyl (C=O) groups is 1. The van der Waals surface area contributed by atoms with E-state index < -0.39 is 0 Å². The van der Waals surface area contributed by atoms with Crippen LogP contribution in [0.2, 0.25) is 0 Å². The highest BCUT2D eigenvalue weighted by Gasteiger charge is 2.10. The second kappa shape index (κ2) is 12.3. The number of aromatic hydroxyl groups is 1. The van der Waals surface area contributed by atoms with Gasteiger partial charge < -0.3 is 5.11 Å². The molecule has 0 aliphatic heterocycles. The lowest BCUT2D eigenvalue weighted by molar-refractivity contribution is 0.103. The first kappa shape index (κ1) is 23.9. The zero-order valence-corrected chi connectivity index (χ0v) is 17.5. The van der Waals surface area contributed by atoms with Gasteiger partial charge in [-0.15, -0.1) is 0 Å². The van der Waals surface area contributed by atoms with Crippen LogP contribution in [-0.2, 0) is 0 Å². The molecule has 2 nitrogen and oxygen atoms in total. The first-order chi connectivity index (χ1) is 12.1. The Morgan fingerprint density at radius 2 is 1.65 bits per heavy atom. The fraction of sp³-hybridized carbons (Fsp3) is 0.458. The topological polar surface area (TPSA) is 37.3 Å². The van der Waals surface area contributed by atoms with Crippen LogP contribution in [0.4, 0.5) is 0 Å². The van der Waals surface area contributed by atoms with Crippen LogP contribution in [0.25, 0.3) is 0 Å². The molecule has 0 bridgehead atoms. The van der Waals surface area contributed by atoms with E-state index in [-0.39, 0.29) is 11.5 Å². The molecule has 0 aromatic heterocycles. The first-order valence-electron chi connectivity index (χ1n) is 9.40. The number of Topliss-reactive ketones (excluding diaryl/α,β-unsaturated/α-hetero) is 1. The lowest BCUT2D eigenvalue weighted by atomic mass is 9.88. The average molecular weight is 357 g/mol. The van der Waals surface area contributed by atoms with Gasteiger partial charge in [-0.1, -0.05) is 71.4 Å². The van der Waals surface area contributed by atoms with E-state index in [4.69, 9.17) is 0 Å². The number of ketones is 1. The molecule has 144 valence electrons. The molecule has 26 heavy (non-hydrogen) atoms. The highest BCUT2D eigenvalue weighted by atomic mass is 16.3. The van der Waals surface area contributed by atoms with Crippen molar-refractivity contribution in [3.05, 3.63) is 65.8 Å². The van der Waals surface area contributed by atoms with Crippen molar-refractivity contribution in [2.75, 3.05) is 0 Å². The Morgan fingerprint density at radius 3 is 2.04 bits per heavy atom. The van der Waals surface area contributed by atoms with Crippen LogP contribution in [0.1, 0.15) is 71.7 Å². The molecule has 0 radical (unpaired) electrons. The monoisotopic (exact) mass is 356 g/mol. The van der Waals surface area contributed by atoms with E-state index in [1.807, 2.05) is 32.1 Å². The molecule has 0 aliphatic carbocycles. The fourth-order valence-corrected chi connectivity index (χ4v) is 2.09. The van der Waals surface area contributed by atoms with E-state index in [2.05, 4.69) is 34.6 Å². The van der Waals surface area contributed by atoms with Gasteiger partial charge in [0, 0.05) is 11.1 Å². The molecule has 1 N–H and O–H groups in total. The minimum Gasteiger partial charge on any atom is -0.508 e. The maximum atomic E-state index is 12.1. The molecule has 1 rings (SSSR count). The summed E-state index contributed by atoms with van der Waals surface area (Å²) in [5.41, 5.74) is 1.72. The molecule has 0 heterocycles. The molecule has 1 aromatic carbocycles. The molecular weight excluding hydrogens is 320 g/mol. The summed E-state index contributed by atoms with van der Waals surface area (Å²) in [4.78, 5) is 12.1. The second-order valence-corrected chi connectivity index (χ2v) is 8.02. The summed E-state index contributed by atoms with van der Waals surface area (Å²) >= 11 is 0. The quantitative estimate of drug-likeness (QED) is 0.334. The number of hydrogen-bond acceptors (Lipinski definition) is 2. The first-order valence-corrected chi connectivity index (χ1v) is 9.40. The molecule has 0 aliphatic rings. The number of phenols is 1. The SMILES string of the molecule is CC(C)CCC(C)(C)C.C\C=C/C=C(\C=C/C)C(=O)c1ccc(O)cc1. The Morgan fingerprint density at radius 1 is 1.08 bits per heavy atom. The minimum atomic E-state index is -0.0544. The van der Waals surface area contributed by atoms with Gasteiger partial charge in [-0.2, -0.15) is 0 Å². The van der Waals surface area contributed by atoms with Gasteiger partial charge in [0.05, 0.1) is 0 Å². The molecule has 0 unspecified atom stereocenters. The fourth-order valence-electron chi connectivity index (χ4n) is 2.09. The molecule has 0 atom stereocenters. The second-order valence-electron chi connectivity index (χ2n) is 8.02. The zero-order chi connectivity index (χ0) is 20.2. The van der Waals surface area contributed by atoms with Crippen molar-refractivity contribution in [3.63, 3.8) is 0 Å². The Balaban J connectivity index is 0.000000590. The van der Waals surface area contributed by atoms with Gasteiger partial charge in [-0.05, 0) is 55.9 Å². The standard InChI is InChI=1S/C15H16O2.C9H20/c1-3-5-7-12(6-4-2)15(17)13-8-10-14(16)11-9-13;1-8(2)6-7-9(3,4)5/h3-11,16H,1-2H3;8H,6-7H2,1-5H3/b5-3-,6-4-,12-7+;. The Bertz CT molecular complexity index is 609. The van der Waals surface area contributed by atoms with Gasteiger partial charge in [-0.3, -0.25) is 4.79 Å². The number of phenolic OH excluding ortho intramolecular Hbond substituents is 1. The minimum absolute atomic E-state index is 0.0544. The third-order valence-electron chi connectivity index (χ3n) is 3.68. The summed E-state index contributed by atoms with van der Waals surface area (Å²) in [6.45, 7) is 15.2. The van der Waals surface area contributed by atoms with Gasteiger partial charge >= 0.3 is 0 Å². The summed E-state index contributed by atoms with van der Waals surface area (Å²) in [6.07, 6.45) is 11.8. The van der Waals surface area contributed by atoms with Crippen LogP contribution in [0, 0.1) is 11.3 Å². The lowest BCUT2D eigenvalue weighted by Crippen LogP contribution is -2.05. The van der Waals surface area contributed by atoms with Crippen molar-refractivity contribution < 1.29 is 9.90 Å². The molecule has 0 saturated carbocycles. The zero-order valence-electron chi connectivity index (χ0n) is 17.5. The van der Waals surface area contributed by atoms with E-state index in [9.17, 15) is 9.90 Å². The van der Waals surface area contributed by atoms with Crippen LogP contribution >= 0.6 is 0 Å². The normalized spacial score (nSPS) is 12.5. The van der Waals surface area contributed by atoms with E-state index in [1.165, 1.54) is 25.0 Å². The van der Waals surface area contributed by atoms with E-state index in [1.54, 1.807) is 24.3 Å². The highest BCUT2D eigenvalue weighted by Crippen LogP contribution is 2.22. The Hall–Kier alpha value is -2.09. The number of rotatable bonds is 6. The van der Waals surface area contributed by atoms with E-state index in [0.717, 1.165) is 5.92 Å². The van der Waals surface area contributed by atoms with Crippen LogP contribution in [0.3, 0.4) is 0 Å². The van der Waals surface area contributed by atoms with Crippen molar-refractivity contribution in [2.24, 2.45) is 11.3 Å². The lowest BCUT2D eigenvalue weighted by Gasteiger charge is -2.18. The molecule has 1 aromatic rings. The van der Waals surface area contributed by atoms with Crippen LogP contribution in [0.5, 0.6) is 5.75 Å². The van der Waals surface area contributed by atoms with Gasteiger partial charge in [0.15, 0.2) is 5.78 Å². The van der Waals surface area contributed by atoms with Crippen molar-refractivity contribution in [3.8, 4) is 5.75 Å². The van der Waals surface area contributed by atoms with Crippen molar-refractivity contribution >= 4 is 5.78 Å². The van der Waals surface area contributed by atoms with Gasteiger partial charge in [0.25, 0.3) is 0 Å². The van der Waals surface area contributed by atoms with Gasteiger partial charge in [0.2, 0.25) is 0 Å². The molecule has 2 heteroatoms. The predicted molar refractivity (Wildman–Crippen MR) is 114 cm³/mol. The Kier molecular flexibility index (Phi) is 11.3. The van der Waals surface area contributed by atoms with Crippen molar-refractivity contribution in [2.45, 2.75) is 61.3 Å². The summed E-state index contributed by atoms with van der Waals surface area (Å²) in [6, 6.07) is 6.25. The van der Waals surface area contributed by atoms with E-state index in [0.29, 0.717) is 16.6 Å². The molecule has 0 amide bonds. The predicted octanol–water partition coefficient (Wildman–Crippen LogP) is 7.12. The molecule has 0 spiro atoms. The summed E-state index contributed by atoms with van der Waals surface area (Å²) in [5.74, 6) is 0.969. The maximum absolute atomic E-state index is 12.1.